The SMILES string of the molecule is NCC1CCCN(S(=O)(=O)NCC(F)(F)F)C1. The Hall–Kier alpha value is -0.380. The van der Waals surface area contributed by atoms with Crippen molar-refractivity contribution in [2.24, 2.45) is 11.7 Å². The molecule has 9 heteroatoms. The highest BCUT2D eigenvalue weighted by atomic mass is 32.2. The van der Waals surface area contributed by atoms with Crippen LogP contribution in [0.2, 0.25) is 0 Å². The minimum atomic E-state index is -4.55. The van der Waals surface area contributed by atoms with Crippen molar-refractivity contribution in [2.45, 2.75) is 19.0 Å². The Bertz CT molecular complexity index is 344. The topological polar surface area (TPSA) is 75.4 Å². The molecule has 1 atom stereocenters. The minimum absolute atomic E-state index is 0.0196. The predicted molar refractivity (Wildman–Crippen MR) is 56.3 cm³/mol. The quantitative estimate of drug-likeness (QED) is 0.761. The van der Waals surface area contributed by atoms with Crippen LogP contribution in [0.4, 0.5) is 13.2 Å². The molecule has 1 saturated heterocycles. The molecule has 0 saturated carbocycles. The zero-order valence-corrected chi connectivity index (χ0v) is 10.0. The number of nitrogens with two attached hydrogens (primary N) is 1. The summed E-state index contributed by atoms with van der Waals surface area (Å²) in [5.74, 6) is 0.0196. The summed E-state index contributed by atoms with van der Waals surface area (Å²) in [5, 5.41) is 0. The van der Waals surface area contributed by atoms with E-state index in [1.807, 2.05) is 0 Å². The van der Waals surface area contributed by atoms with Gasteiger partial charge in [-0.25, -0.2) is 0 Å². The van der Waals surface area contributed by atoms with Gasteiger partial charge in [0.2, 0.25) is 0 Å². The van der Waals surface area contributed by atoms with Gasteiger partial charge >= 0.3 is 6.18 Å². The molecule has 1 aliphatic rings. The van der Waals surface area contributed by atoms with Crippen molar-refractivity contribution in [1.82, 2.24) is 9.03 Å². The molecule has 1 fully saturated rings. The second kappa shape index (κ2) is 5.51. The summed E-state index contributed by atoms with van der Waals surface area (Å²) in [4.78, 5) is 0. The fourth-order valence-corrected chi connectivity index (χ4v) is 3.01. The molecule has 102 valence electrons. The number of halogens is 3. The highest BCUT2D eigenvalue weighted by Crippen LogP contribution is 2.18. The van der Waals surface area contributed by atoms with E-state index in [4.69, 9.17) is 5.73 Å². The fourth-order valence-electron chi connectivity index (χ4n) is 1.70. The third-order valence-electron chi connectivity index (χ3n) is 2.61. The number of rotatable bonds is 4. The maximum absolute atomic E-state index is 11.9. The van der Waals surface area contributed by atoms with Crippen molar-refractivity contribution in [3.63, 3.8) is 0 Å². The zero-order valence-electron chi connectivity index (χ0n) is 9.20. The molecule has 0 aliphatic carbocycles. The van der Waals surface area contributed by atoms with Crippen LogP contribution in [0, 0.1) is 5.92 Å². The maximum atomic E-state index is 11.9. The molecule has 0 radical (unpaired) electrons. The molecular formula is C8H16F3N3O2S. The summed E-state index contributed by atoms with van der Waals surface area (Å²) >= 11 is 0. The maximum Gasteiger partial charge on any atom is 0.402 e. The van der Waals surface area contributed by atoms with Gasteiger partial charge in [0.25, 0.3) is 10.2 Å². The number of nitrogens with one attached hydrogen (secondary N) is 1. The molecule has 0 bridgehead atoms. The van der Waals surface area contributed by atoms with Gasteiger partial charge in [0.15, 0.2) is 0 Å². The molecule has 1 unspecified atom stereocenters. The van der Waals surface area contributed by atoms with Crippen LogP contribution in [0.25, 0.3) is 0 Å². The first kappa shape index (κ1) is 14.7. The lowest BCUT2D eigenvalue weighted by Gasteiger charge is -2.31. The molecule has 0 amide bonds. The summed E-state index contributed by atoms with van der Waals surface area (Å²) in [7, 11) is -4.05. The molecule has 1 heterocycles. The molecule has 1 aliphatic heterocycles. The number of hydrogen-bond acceptors (Lipinski definition) is 3. The van der Waals surface area contributed by atoms with E-state index in [2.05, 4.69) is 0 Å². The third-order valence-corrected chi connectivity index (χ3v) is 4.13. The summed E-state index contributed by atoms with van der Waals surface area (Å²) in [6.45, 7) is -0.780. The second-order valence-electron chi connectivity index (χ2n) is 4.04. The first-order valence-electron chi connectivity index (χ1n) is 5.26. The highest BCUT2D eigenvalue weighted by Gasteiger charge is 2.33. The first-order chi connectivity index (χ1) is 7.74. The lowest BCUT2D eigenvalue weighted by molar-refractivity contribution is -0.121. The molecule has 1 rings (SSSR count). The van der Waals surface area contributed by atoms with Crippen LogP contribution in [-0.4, -0.2) is 45.1 Å². The monoisotopic (exact) mass is 275 g/mol. The van der Waals surface area contributed by atoms with Crippen molar-refractivity contribution in [2.75, 3.05) is 26.2 Å². The first-order valence-corrected chi connectivity index (χ1v) is 6.70. The van der Waals surface area contributed by atoms with Crippen LogP contribution < -0.4 is 10.5 Å². The minimum Gasteiger partial charge on any atom is -0.330 e. The van der Waals surface area contributed by atoms with Gasteiger partial charge in [-0.15, -0.1) is 0 Å². The van der Waals surface area contributed by atoms with E-state index in [0.29, 0.717) is 13.0 Å². The fraction of sp³-hybridized carbons (Fsp3) is 1.00. The number of alkyl halides is 3. The standard InChI is InChI=1S/C8H16F3N3O2S/c9-8(10,11)6-13-17(15,16)14-3-1-2-7(4-12)5-14/h7,13H,1-6,12H2. The number of nitrogens with zero attached hydrogens (tertiary/aromatic N) is 1. The Kier molecular flexibility index (Phi) is 4.76. The highest BCUT2D eigenvalue weighted by molar-refractivity contribution is 7.87. The van der Waals surface area contributed by atoms with Gasteiger partial charge < -0.3 is 5.73 Å². The number of piperidine rings is 1. The van der Waals surface area contributed by atoms with Gasteiger partial charge in [-0.1, -0.05) is 0 Å². The van der Waals surface area contributed by atoms with E-state index < -0.39 is 22.9 Å². The third kappa shape index (κ3) is 4.78. The summed E-state index contributed by atoms with van der Waals surface area (Å²) in [5.41, 5.74) is 5.43. The molecule has 0 spiro atoms. The molecule has 3 N–H and O–H groups in total. The molecule has 0 aromatic rings. The van der Waals surface area contributed by atoms with Crippen LogP contribution in [0.5, 0.6) is 0 Å². The van der Waals surface area contributed by atoms with Gasteiger partial charge in [-0.2, -0.15) is 30.6 Å². The van der Waals surface area contributed by atoms with Crippen molar-refractivity contribution in [3.05, 3.63) is 0 Å². The smallest absolute Gasteiger partial charge is 0.330 e. The van der Waals surface area contributed by atoms with Gasteiger partial charge in [0, 0.05) is 13.1 Å². The van der Waals surface area contributed by atoms with Crippen LogP contribution in [0.3, 0.4) is 0 Å². The normalized spacial score (nSPS) is 23.9. The Morgan fingerprint density at radius 3 is 2.59 bits per heavy atom. The summed E-state index contributed by atoms with van der Waals surface area (Å²) < 4.78 is 61.5. The van der Waals surface area contributed by atoms with E-state index in [1.54, 1.807) is 4.72 Å². The van der Waals surface area contributed by atoms with Crippen LogP contribution in [0.15, 0.2) is 0 Å². The predicted octanol–water partition coefficient (Wildman–Crippen LogP) is 0.0538. The Labute approximate surface area is 98.3 Å². The van der Waals surface area contributed by atoms with E-state index in [1.165, 1.54) is 0 Å². The van der Waals surface area contributed by atoms with Crippen molar-refractivity contribution < 1.29 is 21.6 Å². The molecule has 0 aromatic heterocycles. The van der Waals surface area contributed by atoms with Gasteiger partial charge in [-0.3, -0.25) is 0 Å². The van der Waals surface area contributed by atoms with E-state index in [-0.39, 0.29) is 19.0 Å². The Morgan fingerprint density at radius 1 is 1.41 bits per heavy atom. The van der Waals surface area contributed by atoms with Crippen molar-refractivity contribution in [1.29, 1.82) is 0 Å². The average Bonchev–Trinajstić information content (AvgIpc) is 2.26. The summed E-state index contributed by atoms with van der Waals surface area (Å²) in [6.07, 6.45) is -3.12. The molecule has 5 nitrogen and oxygen atoms in total. The van der Waals surface area contributed by atoms with Gasteiger partial charge in [0.05, 0.1) is 0 Å². The van der Waals surface area contributed by atoms with E-state index in [0.717, 1.165) is 10.7 Å². The van der Waals surface area contributed by atoms with Crippen LogP contribution in [0.1, 0.15) is 12.8 Å². The Morgan fingerprint density at radius 2 is 2.06 bits per heavy atom. The van der Waals surface area contributed by atoms with Crippen molar-refractivity contribution >= 4 is 10.2 Å². The zero-order chi connectivity index (χ0) is 13.1. The number of hydrogen-bond donors (Lipinski definition) is 2. The largest absolute Gasteiger partial charge is 0.402 e. The van der Waals surface area contributed by atoms with Gasteiger partial charge in [0.1, 0.15) is 6.54 Å². The summed E-state index contributed by atoms with van der Waals surface area (Å²) in [6, 6.07) is 0. The molecular weight excluding hydrogens is 259 g/mol. The second-order valence-corrected chi connectivity index (χ2v) is 5.80. The van der Waals surface area contributed by atoms with Crippen molar-refractivity contribution in [3.8, 4) is 0 Å². The van der Waals surface area contributed by atoms with E-state index >= 15 is 0 Å². The molecule has 17 heavy (non-hydrogen) atoms. The Balaban J connectivity index is 2.57. The van der Waals surface area contributed by atoms with E-state index in [9.17, 15) is 21.6 Å². The lowest BCUT2D eigenvalue weighted by atomic mass is 10.0. The van der Waals surface area contributed by atoms with Gasteiger partial charge in [-0.05, 0) is 25.3 Å². The lowest BCUT2D eigenvalue weighted by Crippen LogP contribution is -2.49. The average molecular weight is 275 g/mol. The van der Waals surface area contributed by atoms with Crippen LogP contribution >= 0.6 is 0 Å². The van der Waals surface area contributed by atoms with Crippen LogP contribution in [-0.2, 0) is 10.2 Å². The molecule has 0 aromatic carbocycles.